The van der Waals surface area contributed by atoms with Gasteiger partial charge in [0, 0.05) is 5.56 Å². The number of H-pyrrole nitrogens is 1. The third kappa shape index (κ3) is 3.72. The van der Waals surface area contributed by atoms with Crippen LogP contribution < -0.4 is 9.46 Å². The molecule has 0 aliphatic carbocycles. The van der Waals surface area contributed by atoms with Crippen LogP contribution in [0.25, 0.3) is 22.6 Å². The summed E-state index contributed by atoms with van der Waals surface area (Å²) in [5, 5.41) is 0. The molecule has 2 N–H and O–H groups in total. The van der Waals surface area contributed by atoms with Gasteiger partial charge < -0.3 is 9.72 Å². The summed E-state index contributed by atoms with van der Waals surface area (Å²) in [5.74, 6) is 1.50. The third-order valence-electron chi connectivity index (χ3n) is 3.76. The van der Waals surface area contributed by atoms with Crippen LogP contribution in [0.15, 0.2) is 59.6 Å². The van der Waals surface area contributed by atoms with E-state index < -0.39 is 10.0 Å². The van der Waals surface area contributed by atoms with Crippen molar-refractivity contribution >= 4 is 10.0 Å². The zero-order chi connectivity index (χ0) is 17.9. The number of aromatic amines is 1. The number of nitrogens with zero attached hydrogens (tertiary/aromatic N) is 1. The Morgan fingerprint density at radius 1 is 1.04 bits per heavy atom. The van der Waals surface area contributed by atoms with E-state index in [0.717, 1.165) is 22.6 Å². The van der Waals surface area contributed by atoms with Crippen LogP contribution in [0.4, 0.5) is 0 Å². The average Bonchev–Trinajstić information content (AvgIpc) is 3.13. The number of ether oxygens (including phenoxy) is 1. The predicted molar refractivity (Wildman–Crippen MR) is 96.9 cm³/mol. The predicted octanol–water partition coefficient (Wildman–Crippen LogP) is 3.05. The molecule has 3 rings (SSSR count). The summed E-state index contributed by atoms with van der Waals surface area (Å²) in [6, 6.07) is 14.3. The van der Waals surface area contributed by atoms with Crippen molar-refractivity contribution in [3.8, 4) is 28.4 Å². The van der Waals surface area contributed by atoms with Crippen LogP contribution in [0.5, 0.6) is 5.75 Å². The van der Waals surface area contributed by atoms with Gasteiger partial charge in [0.15, 0.2) is 0 Å². The molecule has 7 heteroatoms. The molecule has 1 heterocycles. The second-order valence-corrected chi connectivity index (χ2v) is 7.22. The van der Waals surface area contributed by atoms with E-state index in [9.17, 15) is 8.42 Å². The van der Waals surface area contributed by atoms with Crippen molar-refractivity contribution in [3.63, 3.8) is 0 Å². The van der Waals surface area contributed by atoms with E-state index in [-0.39, 0.29) is 4.90 Å². The van der Waals surface area contributed by atoms with Crippen LogP contribution in [0.1, 0.15) is 6.92 Å². The molecule has 0 spiro atoms. The first-order valence-electron chi connectivity index (χ1n) is 7.85. The summed E-state index contributed by atoms with van der Waals surface area (Å²) >= 11 is 0. The van der Waals surface area contributed by atoms with Gasteiger partial charge in [0.1, 0.15) is 11.6 Å². The number of nitrogens with one attached hydrogen (secondary N) is 2. The first-order valence-corrected chi connectivity index (χ1v) is 9.34. The summed E-state index contributed by atoms with van der Waals surface area (Å²) < 4.78 is 31.3. The van der Waals surface area contributed by atoms with E-state index in [1.54, 1.807) is 30.5 Å². The summed E-state index contributed by atoms with van der Waals surface area (Å²) in [4.78, 5) is 7.85. The maximum atomic E-state index is 11.8. The summed E-state index contributed by atoms with van der Waals surface area (Å²) in [6.07, 6.45) is 1.75. The van der Waals surface area contributed by atoms with Crippen LogP contribution in [0.3, 0.4) is 0 Å². The molecule has 0 aliphatic heterocycles. The smallest absolute Gasteiger partial charge is 0.240 e. The SMILES string of the molecule is CCOc1ccc(-c2cnc(-c3ccc(S(=O)(=O)NC)cc3)[nH]2)cc1. The van der Waals surface area contributed by atoms with Crippen LogP contribution in [0.2, 0.25) is 0 Å². The zero-order valence-corrected chi connectivity index (χ0v) is 14.8. The van der Waals surface area contributed by atoms with Gasteiger partial charge in [0.05, 0.1) is 23.4 Å². The Bertz CT molecular complexity index is 946. The zero-order valence-electron chi connectivity index (χ0n) is 14.0. The molecule has 0 saturated carbocycles. The van der Waals surface area contributed by atoms with Crippen molar-refractivity contribution in [2.75, 3.05) is 13.7 Å². The van der Waals surface area contributed by atoms with Gasteiger partial charge in [-0.05, 0) is 68.1 Å². The van der Waals surface area contributed by atoms with E-state index in [0.29, 0.717) is 12.4 Å². The maximum Gasteiger partial charge on any atom is 0.240 e. The number of aromatic nitrogens is 2. The van der Waals surface area contributed by atoms with Crippen molar-refractivity contribution in [2.24, 2.45) is 0 Å². The molecule has 6 nitrogen and oxygen atoms in total. The Balaban J connectivity index is 1.83. The van der Waals surface area contributed by atoms with Crippen molar-refractivity contribution < 1.29 is 13.2 Å². The molecule has 2 aromatic carbocycles. The van der Waals surface area contributed by atoms with E-state index >= 15 is 0 Å². The Kier molecular flexibility index (Phi) is 4.87. The molecule has 0 unspecified atom stereocenters. The quantitative estimate of drug-likeness (QED) is 0.710. The Morgan fingerprint density at radius 2 is 1.68 bits per heavy atom. The molecule has 130 valence electrons. The minimum Gasteiger partial charge on any atom is -0.494 e. The van der Waals surface area contributed by atoms with E-state index in [1.165, 1.54) is 7.05 Å². The molecular formula is C18H19N3O3S. The molecule has 0 saturated heterocycles. The lowest BCUT2D eigenvalue weighted by molar-refractivity contribution is 0.340. The lowest BCUT2D eigenvalue weighted by Crippen LogP contribution is -2.18. The van der Waals surface area contributed by atoms with Gasteiger partial charge in [0.2, 0.25) is 10.0 Å². The van der Waals surface area contributed by atoms with Crippen molar-refractivity contribution in [2.45, 2.75) is 11.8 Å². The third-order valence-corrected chi connectivity index (χ3v) is 5.19. The lowest BCUT2D eigenvalue weighted by atomic mass is 10.1. The summed E-state index contributed by atoms with van der Waals surface area (Å²) in [6.45, 7) is 2.58. The van der Waals surface area contributed by atoms with Crippen LogP contribution in [-0.2, 0) is 10.0 Å². The van der Waals surface area contributed by atoms with Gasteiger partial charge in [-0.25, -0.2) is 18.1 Å². The number of hydrogen-bond donors (Lipinski definition) is 2. The van der Waals surface area contributed by atoms with E-state index in [4.69, 9.17) is 4.74 Å². The monoisotopic (exact) mass is 357 g/mol. The van der Waals surface area contributed by atoms with Gasteiger partial charge in [-0.1, -0.05) is 0 Å². The average molecular weight is 357 g/mol. The van der Waals surface area contributed by atoms with Gasteiger partial charge in [-0.3, -0.25) is 0 Å². The fourth-order valence-corrected chi connectivity index (χ4v) is 3.15. The summed E-state index contributed by atoms with van der Waals surface area (Å²) in [5.41, 5.74) is 2.69. The highest BCUT2D eigenvalue weighted by atomic mass is 32.2. The largest absolute Gasteiger partial charge is 0.494 e. The van der Waals surface area contributed by atoms with Crippen LogP contribution >= 0.6 is 0 Å². The van der Waals surface area contributed by atoms with E-state index in [1.807, 2.05) is 31.2 Å². The van der Waals surface area contributed by atoms with Crippen molar-refractivity contribution in [1.29, 1.82) is 0 Å². The molecule has 0 fully saturated rings. The lowest BCUT2D eigenvalue weighted by Gasteiger charge is -2.04. The number of hydrogen-bond acceptors (Lipinski definition) is 4. The minimum absolute atomic E-state index is 0.219. The maximum absolute atomic E-state index is 11.8. The molecule has 0 amide bonds. The molecule has 0 radical (unpaired) electrons. The number of imidazole rings is 1. The van der Waals surface area contributed by atoms with Crippen LogP contribution in [-0.4, -0.2) is 32.0 Å². The van der Waals surface area contributed by atoms with Crippen LogP contribution in [0, 0.1) is 0 Å². The summed E-state index contributed by atoms with van der Waals surface area (Å²) in [7, 11) is -2.05. The number of benzene rings is 2. The highest BCUT2D eigenvalue weighted by Gasteiger charge is 2.12. The molecule has 0 atom stereocenters. The standard InChI is InChI=1S/C18H19N3O3S/c1-3-24-15-8-4-13(5-9-15)17-12-20-18(21-17)14-6-10-16(11-7-14)25(22,23)19-2/h4-12,19H,3H2,1-2H3,(H,20,21). The second kappa shape index (κ2) is 7.08. The highest BCUT2D eigenvalue weighted by molar-refractivity contribution is 7.89. The molecule has 3 aromatic rings. The van der Waals surface area contributed by atoms with Crippen molar-refractivity contribution in [3.05, 3.63) is 54.7 Å². The fraction of sp³-hybridized carbons (Fsp3) is 0.167. The van der Waals surface area contributed by atoms with E-state index in [2.05, 4.69) is 14.7 Å². The fourth-order valence-electron chi connectivity index (χ4n) is 2.42. The topological polar surface area (TPSA) is 84.1 Å². The van der Waals surface area contributed by atoms with Gasteiger partial charge >= 0.3 is 0 Å². The normalized spacial score (nSPS) is 11.4. The number of sulfonamides is 1. The van der Waals surface area contributed by atoms with Gasteiger partial charge in [-0.15, -0.1) is 0 Å². The Labute approximate surface area is 146 Å². The minimum atomic E-state index is -3.44. The second-order valence-electron chi connectivity index (χ2n) is 5.33. The molecule has 0 bridgehead atoms. The van der Waals surface area contributed by atoms with Gasteiger partial charge in [0.25, 0.3) is 0 Å². The molecule has 1 aromatic heterocycles. The Morgan fingerprint density at radius 3 is 2.28 bits per heavy atom. The molecule has 25 heavy (non-hydrogen) atoms. The van der Waals surface area contributed by atoms with Crippen molar-refractivity contribution in [1.82, 2.24) is 14.7 Å². The first kappa shape index (κ1) is 17.2. The molecule has 0 aliphatic rings. The molecular weight excluding hydrogens is 338 g/mol. The highest BCUT2D eigenvalue weighted by Crippen LogP contribution is 2.24. The number of rotatable bonds is 6. The van der Waals surface area contributed by atoms with Gasteiger partial charge in [-0.2, -0.15) is 0 Å². The Hall–Kier alpha value is -2.64. The first-order chi connectivity index (χ1) is 12.0.